The molecule has 1 unspecified atom stereocenters. The Morgan fingerprint density at radius 2 is 1.42 bits per heavy atom. The molecule has 0 spiro atoms. The molecule has 43 heavy (non-hydrogen) atoms. The van der Waals surface area contributed by atoms with Crippen LogP contribution in [0.15, 0.2) is 83.8 Å². The van der Waals surface area contributed by atoms with Crippen molar-refractivity contribution < 1.29 is 18.3 Å². The number of aromatic nitrogens is 2. The first-order valence-electron chi connectivity index (χ1n) is 14.8. The number of hydrogen-bond acceptors (Lipinski definition) is 7. The third-order valence-corrected chi connectivity index (χ3v) is 9.11. The molecule has 0 bridgehead atoms. The third kappa shape index (κ3) is 7.47. The minimum Gasteiger partial charge on any atom is -0.387 e. The molecule has 0 saturated heterocycles. The van der Waals surface area contributed by atoms with Crippen molar-refractivity contribution in [1.82, 2.24) is 14.7 Å². The largest absolute Gasteiger partial charge is 0.387 e. The Kier molecular flexibility index (Phi) is 9.52. The molecule has 5 rings (SSSR count). The minimum atomic E-state index is -3.84. The molecule has 9 heteroatoms. The van der Waals surface area contributed by atoms with Gasteiger partial charge in [0.05, 0.1) is 16.3 Å². The Morgan fingerprint density at radius 1 is 0.837 bits per heavy atom. The van der Waals surface area contributed by atoms with Crippen LogP contribution < -0.4 is 9.62 Å². The normalized spacial score (nSPS) is 14.8. The highest BCUT2D eigenvalue weighted by Gasteiger charge is 2.29. The number of rotatable bonds is 11. The fraction of sp³-hybridized carbons (Fsp3) is 0.324. The number of nitrogens with zero attached hydrogens (tertiary/aromatic N) is 3. The van der Waals surface area contributed by atoms with Crippen LogP contribution in [0.4, 0.5) is 5.82 Å². The summed E-state index contributed by atoms with van der Waals surface area (Å²) >= 11 is 0. The average molecular weight is 599 g/mol. The van der Waals surface area contributed by atoms with E-state index in [0.29, 0.717) is 25.1 Å². The van der Waals surface area contributed by atoms with E-state index in [1.807, 2.05) is 12.1 Å². The van der Waals surface area contributed by atoms with Crippen LogP contribution >= 0.6 is 0 Å². The van der Waals surface area contributed by atoms with Crippen molar-refractivity contribution in [3.8, 4) is 22.5 Å². The van der Waals surface area contributed by atoms with Gasteiger partial charge in [-0.3, -0.25) is 4.79 Å². The molecule has 2 N–H and O–H groups in total. The Bertz CT molecular complexity index is 1660. The Morgan fingerprint density at radius 3 is 2.05 bits per heavy atom. The summed E-state index contributed by atoms with van der Waals surface area (Å²) in [5, 5.41) is 10.9. The lowest BCUT2D eigenvalue weighted by Crippen LogP contribution is -2.34. The lowest BCUT2D eigenvalue weighted by Gasteiger charge is -2.33. The fourth-order valence-electron chi connectivity index (χ4n) is 5.26. The van der Waals surface area contributed by atoms with Crippen molar-refractivity contribution in [2.45, 2.75) is 63.4 Å². The van der Waals surface area contributed by atoms with E-state index < -0.39 is 22.0 Å². The maximum atomic E-state index is 12.4. The monoisotopic (exact) mass is 598 g/mol. The van der Waals surface area contributed by atoms with Gasteiger partial charge in [-0.2, -0.15) is 0 Å². The van der Waals surface area contributed by atoms with Crippen LogP contribution in [0.1, 0.15) is 61.4 Å². The second-order valence-corrected chi connectivity index (χ2v) is 12.8. The van der Waals surface area contributed by atoms with Crippen LogP contribution in [0, 0.1) is 13.8 Å². The van der Waals surface area contributed by atoms with Crippen molar-refractivity contribution in [2.75, 3.05) is 18.0 Å². The first-order chi connectivity index (χ1) is 20.7. The van der Waals surface area contributed by atoms with Crippen LogP contribution in [0.3, 0.4) is 0 Å². The van der Waals surface area contributed by atoms with E-state index in [2.05, 4.69) is 59.9 Å². The first kappa shape index (κ1) is 30.4. The van der Waals surface area contributed by atoms with Crippen molar-refractivity contribution >= 4 is 21.7 Å². The summed E-state index contributed by atoms with van der Waals surface area (Å²) < 4.78 is 26.9. The number of amides is 1. The van der Waals surface area contributed by atoms with Gasteiger partial charge in [-0.1, -0.05) is 90.7 Å². The molecular formula is C34H38N4O4S. The number of hydrogen-bond donors (Lipinski definition) is 2. The summed E-state index contributed by atoms with van der Waals surface area (Å²) in [6, 6.07) is 24.4. The highest BCUT2D eigenvalue weighted by molar-refractivity contribution is 7.90. The van der Waals surface area contributed by atoms with Gasteiger partial charge in [-0.05, 0) is 45.2 Å². The maximum absolute atomic E-state index is 12.4. The van der Waals surface area contributed by atoms with Crippen LogP contribution in [-0.2, 0) is 14.8 Å². The first-order valence-corrected chi connectivity index (χ1v) is 16.3. The average Bonchev–Trinajstić information content (AvgIpc) is 3.00. The number of carbonyl (C=O) groups excluding carboxylic acids is 1. The number of carbonyl (C=O) groups is 1. The maximum Gasteiger partial charge on any atom is 0.264 e. The predicted octanol–water partition coefficient (Wildman–Crippen LogP) is 6.13. The summed E-state index contributed by atoms with van der Waals surface area (Å²) in [4.78, 5) is 24.7. The van der Waals surface area contributed by atoms with Gasteiger partial charge in [0.25, 0.3) is 10.0 Å². The highest BCUT2D eigenvalue weighted by atomic mass is 32.2. The summed E-state index contributed by atoms with van der Waals surface area (Å²) in [7, 11) is -3.84. The summed E-state index contributed by atoms with van der Waals surface area (Å²) in [5.41, 5.74) is 6.42. The van der Waals surface area contributed by atoms with E-state index in [1.54, 1.807) is 18.2 Å². The van der Waals surface area contributed by atoms with Crippen LogP contribution in [0.5, 0.6) is 0 Å². The lowest BCUT2D eigenvalue weighted by molar-refractivity contribution is -0.119. The molecule has 0 radical (unpaired) electrons. The zero-order chi connectivity index (χ0) is 30.4. The van der Waals surface area contributed by atoms with Gasteiger partial charge >= 0.3 is 0 Å². The number of unbranched alkanes of at least 4 members (excludes halogenated alkanes) is 3. The molecule has 3 aromatic carbocycles. The minimum absolute atomic E-state index is 0.0786. The van der Waals surface area contributed by atoms with Crippen molar-refractivity contribution in [1.29, 1.82) is 0 Å². The molecule has 1 aliphatic rings. The van der Waals surface area contributed by atoms with Gasteiger partial charge in [0.15, 0.2) is 5.82 Å². The lowest BCUT2D eigenvalue weighted by atomic mass is 10.00. The van der Waals surface area contributed by atoms with Crippen molar-refractivity contribution in [3.63, 3.8) is 0 Å². The molecule has 0 aliphatic carbocycles. The fourth-order valence-corrected chi connectivity index (χ4v) is 6.30. The topological polar surface area (TPSA) is 112 Å². The number of anilines is 1. The van der Waals surface area contributed by atoms with Crippen LogP contribution in [0.2, 0.25) is 0 Å². The van der Waals surface area contributed by atoms with E-state index >= 15 is 0 Å². The van der Waals surface area contributed by atoms with Gasteiger partial charge in [-0.15, -0.1) is 0 Å². The molecule has 0 saturated carbocycles. The van der Waals surface area contributed by atoms with Crippen molar-refractivity contribution in [3.05, 3.63) is 95.7 Å². The second-order valence-electron chi connectivity index (χ2n) is 11.2. The zero-order valence-electron chi connectivity index (χ0n) is 24.7. The Balaban J connectivity index is 1.24. The summed E-state index contributed by atoms with van der Waals surface area (Å²) in [5.74, 6) is 0.224. The number of aliphatic hydroxyl groups excluding tert-OH is 1. The molecule has 1 aromatic heterocycles. The van der Waals surface area contributed by atoms with E-state index in [1.165, 1.54) is 17.7 Å². The van der Waals surface area contributed by atoms with Crippen molar-refractivity contribution in [2.24, 2.45) is 0 Å². The van der Waals surface area contributed by atoms with E-state index in [4.69, 9.17) is 9.97 Å². The number of fused-ring (bicyclic) bond motifs is 1. The zero-order valence-corrected chi connectivity index (χ0v) is 25.5. The number of aryl methyl sites for hydroxylation is 2. The Labute approximate surface area is 253 Å². The van der Waals surface area contributed by atoms with Gasteiger partial charge in [0, 0.05) is 30.6 Å². The van der Waals surface area contributed by atoms with Gasteiger partial charge in [-0.25, -0.2) is 23.1 Å². The number of aliphatic hydroxyl groups is 1. The van der Waals surface area contributed by atoms with E-state index in [9.17, 15) is 18.3 Å². The number of sulfonamides is 1. The molecule has 1 aliphatic heterocycles. The molecule has 2 heterocycles. The van der Waals surface area contributed by atoms with Crippen LogP contribution in [0.25, 0.3) is 22.5 Å². The molecular weight excluding hydrogens is 560 g/mol. The predicted molar refractivity (Wildman–Crippen MR) is 169 cm³/mol. The van der Waals surface area contributed by atoms with Gasteiger partial charge in [0.2, 0.25) is 5.91 Å². The molecule has 1 atom stereocenters. The molecule has 0 fully saturated rings. The Hall–Kier alpha value is -4.08. The molecule has 224 valence electrons. The van der Waals surface area contributed by atoms with Gasteiger partial charge < -0.3 is 10.0 Å². The molecule has 8 nitrogen and oxygen atoms in total. The van der Waals surface area contributed by atoms with Crippen LogP contribution in [-0.4, -0.2) is 42.5 Å². The smallest absolute Gasteiger partial charge is 0.264 e. The summed E-state index contributed by atoms with van der Waals surface area (Å²) in [6.07, 6.45) is 3.21. The van der Waals surface area contributed by atoms with E-state index in [-0.39, 0.29) is 11.3 Å². The number of nitrogens with one attached hydrogen (secondary N) is 1. The highest BCUT2D eigenvalue weighted by Crippen LogP contribution is 2.38. The molecule has 1 amide bonds. The van der Waals surface area contributed by atoms with E-state index in [0.717, 1.165) is 59.7 Å². The van der Waals surface area contributed by atoms with Gasteiger partial charge in [0.1, 0.15) is 11.8 Å². The SMILES string of the molecule is Cc1ccc(-c2nc3c(nc2-c2ccc(C)cc2)N(CCCCCCC(=O)NS(=O)(=O)c2ccccc2)CCC3O)cc1. The standard InChI is InChI=1S/C34H38N4O4S/c1-24-13-17-26(18-14-24)31-32(27-19-15-25(2)16-20-27)36-34-33(35-31)29(39)21-23-38(34)22-9-4-3-8-12-30(40)37-43(41,42)28-10-6-5-7-11-28/h5-7,10-11,13-20,29,39H,3-4,8-9,12,21-23H2,1-2H3,(H,37,40). The molecule has 4 aromatic rings. The third-order valence-electron chi connectivity index (χ3n) is 7.72. The summed E-state index contributed by atoms with van der Waals surface area (Å²) in [6.45, 7) is 5.54. The second kappa shape index (κ2) is 13.5. The number of benzene rings is 3. The quantitative estimate of drug-likeness (QED) is 0.200.